The number of rotatable bonds is 4. The molecule has 96 valence electrons. The van der Waals surface area contributed by atoms with Gasteiger partial charge in [0.1, 0.15) is 5.69 Å². The van der Waals surface area contributed by atoms with Gasteiger partial charge in [-0.15, -0.1) is 0 Å². The summed E-state index contributed by atoms with van der Waals surface area (Å²) in [6.45, 7) is 10.7. The summed E-state index contributed by atoms with van der Waals surface area (Å²) in [4.78, 5) is 22.9. The summed E-state index contributed by atoms with van der Waals surface area (Å²) in [6.07, 6.45) is 1.01. The Morgan fingerprint density at radius 1 is 1.12 bits per heavy atom. The van der Waals surface area contributed by atoms with E-state index in [1.807, 2.05) is 25.7 Å². The van der Waals surface area contributed by atoms with Crippen LogP contribution >= 0.6 is 45.5 Å². The van der Waals surface area contributed by atoms with Crippen LogP contribution in [-0.4, -0.2) is 5.54 Å². The van der Waals surface area contributed by atoms with Gasteiger partial charge in [0.25, 0.3) is 5.43 Å². The first kappa shape index (κ1) is 15.4. The third-order valence-electron chi connectivity index (χ3n) is 4.06. The molecule has 0 aliphatic carbocycles. The first-order valence-corrected chi connectivity index (χ1v) is 7.57. The maximum atomic E-state index is 11.6. The summed E-state index contributed by atoms with van der Waals surface area (Å²) in [7, 11) is 0. The Balaban J connectivity index is 3.19. The van der Waals surface area contributed by atoms with Crippen LogP contribution in [-0.2, 0) is 0 Å². The Labute approximate surface area is 129 Å². The number of nitrogens with zero attached hydrogens (tertiary/aromatic N) is 1. The van der Waals surface area contributed by atoms with Crippen molar-refractivity contribution in [2.24, 2.45) is 5.41 Å². The summed E-state index contributed by atoms with van der Waals surface area (Å²) in [5, 5.41) is 0. The zero-order chi connectivity index (χ0) is 13.6. The molecule has 0 aromatic heterocycles. The van der Waals surface area contributed by atoms with E-state index in [-0.39, 0.29) is 21.8 Å². The van der Waals surface area contributed by atoms with Crippen LogP contribution in [0, 0.1) is 8.99 Å². The molecule has 1 aromatic rings. The third-order valence-corrected chi connectivity index (χ3v) is 6.75. The van der Waals surface area contributed by atoms with Crippen molar-refractivity contribution in [2.75, 3.05) is 3.11 Å². The lowest BCUT2D eigenvalue weighted by Crippen LogP contribution is -2.54. The van der Waals surface area contributed by atoms with E-state index < -0.39 is 0 Å². The van der Waals surface area contributed by atoms with Crippen LogP contribution in [0.25, 0.3) is 0 Å². The Morgan fingerprint density at radius 3 is 1.94 bits per heavy atom. The molecule has 0 unspecified atom stereocenters. The molecule has 1 rings (SSSR count). The molecular weight excluding hydrogens is 444 g/mol. The van der Waals surface area contributed by atoms with Crippen LogP contribution in [0.5, 0.6) is 0 Å². The van der Waals surface area contributed by atoms with Crippen molar-refractivity contribution >= 4 is 51.1 Å². The fraction of sp³-hybridized carbons (Fsp3) is 0.667. The van der Waals surface area contributed by atoms with Gasteiger partial charge in [0.05, 0.1) is 26.4 Å². The minimum Gasteiger partial charge on any atom is -0.304 e. The Morgan fingerprint density at radius 2 is 1.59 bits per heavy atom. The molecule has 0 fully saturated rings. The highest BCUT2D eigenvalue weighted by Gasteiger charge is 2.42. The Kier molecular flexibility index (Phi) is 4.34. The van der Waals surface area contributed by atoms with E-state index in [1.54, 1.807) is 0 Å². The average Bonchev–Trinajstić information content (AvgIpc) is 2.28. The van der Waals surface area contributed by atoms with Crippen LogP contribution in [0.15, 0.2) is 9.59 Å². The molecule has 5 heteroatoms. The number of anilines is 1. The lowest BCUT2D eigenvalue weighted by atomic mass is 9.72. The van der Waals surface area contributed by atoms with Crippen molar-refractivity contribution in [2.45, 2.75) is 46.6 Å². The normalized spacial score (nSPS) is 13.1. The lowest BCUT2D eigenvalue weighted by Gasteiger charge is -2.47. The van der Waals surface area contributed by atoms with E-state index in [0.29, 0.717) is 9.26 Å². The van der Waals surface area contributed by atoms with E-state index in [0.717, 1.165) is 6.42 Å². The van der Waals surface area contributed by atoms with Gasteiger partial charge in [-0.2, -0.15) is 0 Å². The van der Waals surface area contributed by atoms with Gasteiger partial charge in [0.15, 0.2) is 0 Å². The van der Waals surface area contributed by atoms with Gasteiger partial charge < -0.3 is 3.11 Å². The molecular formula is C12H17I2NO2. The van der Waals surface area contributed by atoms with Crippen molar-refractivity contribution in [3.05, 3.63) is 24.0 Å². The highest BCUT2D eigenvalue weighted by Crippen LogP contribution is 2.42. The fourth-order valence-corrected chi connectivity index (χ4v) is 3.81. The first-order chi connectivity index (χ1) is 7.58. The van der Waals surface area contributed by atoms with Crippen LogP contribution in [0.4, 0.5) is 5.69 Å². The maximum Gasteiger partial charge on any atom is 0.252 e. The molecule has 0 saturated heterocycles. The summed E-state index contributed by atoms with van der Waals surface area (Å²) in [6, 6.07) is 0. The molecule has 0 atom stereocenters. The second kappa shape index (κ2) is 4.79. The van der Waals surface area contributed by atoms with Gasteiger partial charge in [-0.05, 0) is 48.3 Å². The van der Waals surface area contributed by atoms with Gasteiger partial charge in [0.2, 0.25) is 5.43 Å². The van der Waals surface area contributed by atoms with E-state index >= 15 is 0 Å². The molecule has 0 bridgehead atoms. The van der Waals surface area contributed by atoms with Gasteiger partial charge in [0, 0.05) is 5.54 Å². The first-order valence-electron chi connectivity index (χ1n) is 5.52. The molecule has 0 spiro atoms. The molecule has 0 aliphatic rings. The SMILES string of the molecule is CCC(C)(C)C(C)(C)N(I)c1c(I)c(=O)c1=O. The second-order valence-electron chi connectivity index (χ2n) is 5.40. The Hall–Kier alpha value is 0.340. The average molecular weight is 461 g/mol. The number of halogens is 2. The highest BCUT2D eigenvalue weighted by molar-refractivity contribution is 14.1. The molecule has 17 heavy (non-hydrogen) atoms. The largest absolute Gasteiger partial charge is 0.304 e. The Bertz CT molecular complexity index is 499. The molecule has 0 heterocycles. The van der Waals surface area contributed by atoms with Crippen molar-refractivity contribution in [1.29, 1.82) is 0 Å². The number of hydrogen-bond acceptors (Lipinski definition) is 3. The minimum absolute atomic E-state index is 0.0526. The molecule has 0 aliphatic heterocycles. The fourth-order valence-electron chi connectivity index (χ4n) is 1.51. The third kappa shape index (κ3) is 2.29. The van der Waals surface area contributed by atoms with E-state index in [1.165, 1.54) is 0 Å². The van der Waals surface area contributed by atoms with Crippen LogP contribution < -0.4 is 14.0 Å². The zero-order valence-electron chi connectivity index (χ0n) is 10.7. The maximum absolute atomic E-state index is 11.6. The van der Waals surface area contributed by atoms with Crippen LogP contribution in [0.2, 0.25) is 0 Å². The summed E-state index contributed by atoms with van der Waals surface area (Å²) in [5.41, 5.74) is -0.291. The zero-order valence-corrected chi connectivity index (χ0v) is 15.0. The van der Waals surface area contributed by atoms with E-state index in [9.17, 15) is 9.59 Å². The lowest BCUT2D eigenvalue weighted by molar-refractivity contribution is 0.204. The molecule has 3 nitrogen and oxygen atoms in total. The predicted octanol–water partition coefficient (Wildman–Crippen LogP) is 3.26. The van der Waals surface area contributed by atoms with Crippen molar-refractivity contribution in [1.82, 2.24) is 0 Å². The van der Waals surface area contributed by atoms with Gasteiger partial charge in [-0.3, -0.25) is 9.59 Å². The van der Waals surface area contributed by atoms with E-state index in [4.69, 9.17) is 0 Å². The second-order valence-corrected chi connectivity index (χ2v) is 7.44. The predicted molar refractivity (Wildman–Crippen MR) is 88.7 cm³/mol. The van der Waals surface area contributed by atoms with E-state index in [2.05, 4.69) is 57.5 Å². The monoisotopic (exact) mass is 461 g/mol. The standard InChI is InChI=1S/C12H17I2NO2/c1-6-11(2,3)12(4,5)15(14)8-7(13)9(16)10(8)17/h6H2,1-5H3. The number of hydrogen-bond donors (Lipinski definition) is 0. The van der Waals surface area contributed by atoms with Gasteiger partial charge in [-0.1, -0.05) is 20.8 Å². The molecule has 0 N–H and O–H groups in total. The van der Waals surface area contributed by atoms with Crippen LogP contribution in [0.1, 0.15) is 41.0 Å². The molecule has 0 saturated carbocycles. The molecule has 0 radical (unpaired) electrons. The molecule has 0 amide bonds. The van der Waals surface area contributed by atoms with Gasteiger partial charge >= 0.3 is 0 Å². The summed E-state index contributed by atoms with van der Waals surface area (Å²) < 4.78 is 2.49. The minimum atomic E-state index is -0.358. The summed E-state index contributed by atoms with van der Waals surface area (Å²) in [5.74, 6) is 0. The topological polar surface area (TPSA) is 37.4 Å². The quantitative estimate of drug-likeness (QED) is 0.393. The summed E-state index contributed by atoms with van der Waals surface area (Å²) >= 11 is 4.10. The smallest absolute Gasteiger partial charge is 0.252 e. The van der Waals surface area contributed by atoms with Crippen molar-refractivity contribution in [3.63, 3.8) is 0 Å². The van der Waals surface area contributed by atoms with Gasteiger partial charge in [-0.25, -0.2) is 0 Å². The highest BCUT2D eigenvalue weighted by atomic mass is 127. The molecule has 1 aromatic carbocycles. The van der Waals surface area contributed by atoms with Crippen molar-refractivity contribution < 1.29 is 0 Å². The van der Waals surface area contributed by atoms with Crippen LogP contribution in [0.3, 0.4) is 0 Å². The van der Waals surface area contributed by atoms with Crippen molar-refractivity contribution in [3.8, 4) is 0 Å².